The van der Waals surface area contributed by atoms with Crippen molar-refractivity contribution in [1.29, 1.82) is 0 Å². The molecule has 0 radical (unpaired) electrons. The van der Waals surface area contributed by atoms with Crippen molar-refractivity contribution in [2.45, 2.75) is 6.18 Å². The van der Waals surface area contributed by atoms with Crippen LogP contribution in [-0.2, 0) is 6.18 Å². The van der Waals surface area contributed by atoms with Crippen LogP contribution in [0.15, 0.2) is 12.1 Å². The maximum atomic E-state index is 12.7. The molecule has 13 heavy (non-hydrogen) atoms. The third-order valence-electron chi connectivity index (χ3n) is 1.38. The average Bonchev–Trinajstić information content (AvgIpc) is 1.94. The number of alkyl halides is 3. The Labute approximate surface area is 70.6 Å². The number of nitrogens with two attached hydrogens (primary N) is 1. The van der Waals surface area contributed by atoms with Crippen LogP contribution in [0.5, 0.6) is 5.75 Å². The number of hydrogen-bond acceptors (Lipinski definition) is 2. The number of anilines is 1. The molecule has 0 amide bonds. The van der Waals surface area contributed by atoms with Gasteiger partial charge in [-0.1, -0.05) is 0 Å². The number of aromatic hydroxyl groups is 1. The highest BCUT2D eigenvalue weighted by Crippen LogP contribution is 2.35. The van der Waals surface area contributed by atoms with E-state index in [4.69, 9.17) is 10.8 Å². The standard InChI is InChI=1S/C7H5F4NO/c8-6-4(7(9,10)11)1-3(12)2-5(6)13/h1-2,13H,12H2. The summed E-state index contributed by atoms with van der Waals surface area (Å²) in [5, 5.41) is 8.69. The van der Waals surface area contributed by atoms with E-state index in [0.29, 0.717) is 12.1 Å². The molecule has 0 atom stereocenters. The Morgan fingerprint density at radius 1 is 1.23 bits per heavy atom. The van der Waals surface area contributed by atoms with E-state index in [1.807, 2.05) is 0 Å². The zero-order chi connectivity index (χ0) is 10.2. The lowest BCUT2D eigenvalue weighted by Gasteiger charge is -2.09. The minimum Gasteiger partial charge on any atom is -0.505 e. The van der Waals surface area contributed by atoms with Gasteiger partial charge in [-0.2, -0.15) is 13.2 Å². The van der Waals surface area contributed by atoms with Gasteiger partial charge in [0.15, 0.2) is 11.6 Å². The van der Waals surface area contributed by atoms with E-state index in [2.05, 4.69) is 0 Å². The first kappa shape index (κ1) is 9.63. The monoisotopic (exact) mass is 195 g/mol. The summed E-state index contributed by atoms with van der Waals surface area (Å²) in [6.45, 7) is 0. The molecule has 0 saturated heterocycles. The molecule has 0 bridgehead atoms. The van der Waals surface area contributed by atoms with Crippen LogP contribution in [0.2, 0.25) is 0 Å². The molecule has 1 rings (SSSR count). The van der Waals surface area contributed by atoms with E-state index in [0.717, 1.165) is 0 Å². The van der Waals surface area contributed by atoms with Crippen LogP contribution in [0.1, 0.15) is 5.56 Å². The molecule has 3 N–H and O–H groups in total. The SMILES string of the molecule is Nc1cc(O)c(F)c(C(F)(F)F)c1. The maximum absolute atomic E-state index is 12.7. The highest BCUT2D eigenvalue weighted by molar-refractivity contribution is 5.48. The summed E-state index contributed by atoms with van der Waals surface area (Å²) in [5.41, 5.74) is 3.09. The van der Waals surface area contributed by atoms with Gasteiger partial charge in [-0.25, -0.2) is 4.39 Å². The molecule has 1 aromatic carbocycles. The fourth-order valence-electron chi connectivity index (χ4n) is 0.837. The Morgan fingerprint density at radius 3 is 2.23 bits per heavy atom. The van der Waals surface area contributed by atoms with Crippen molar-refractivity contribution in [2.24, 2.45) is 0 Å². The van der Waals surface area contributed by atoms with Crippen molar-refractivity contribution in [3.8, 4) is 5.75 Å². The molecule has 0 fully saturated rings. The van der Waals surface area contributed by atoms with E-state index >= 15 is 0 Å². The smallest absolute Gasteiger partial charge is 0.419 e. The fraction of sp³-hybridized carbons (Fsp3) is 0.143. The molecule has 6 heteroatoms. The molecule has 1 aromatic rings. The van der Waals surface area contributed by atoms with Crippen molar-refractivity contribution in [3.63, 3.8) is 0 Å². The topological polar surface area (TPSA) is 46.2 Å². The zero-order valence-corrected chi connectivity index (χ0v) is 6.19. The van der Waals surface area contributed by atoms with Gasteiger partial charge < -0.3 is 10.8 Å². The van der Waals surface area contributed by atoms with Crippen LogP contribution in [0, 0.1) is 5.82 Å². The van der Waals surface area contributed by atoms with Gasteiger partial charge in [0, 0.05) is 11.8 Å². The molecule has 0 saturated carbocycles. The molecule has 0 spiro atoms. The number of nitrogen functional groups attached to an aromatic ring is 1. The minimum atomic E-state index is -4.85. The molecule has 0 aliphatic heterocycles. The quantitative estimate of drug-likeness (QED) is 0.492. The van der Waals surface area contributed by atoms with Gasteiger partial charge in [0.25, 0.3) is 0 Å². The number of rotatable bonds is 0. The van der Waals surface area contributed by atoms with Crippen molar-refractivity contribution in [1.82, 2.24) is 0 Å². The molecule has 0 aliphatic rings. The van der Waals surface area contributed by atoms with Crippen LogP contribution < -0.4 is 5.73 Å². The van der Waals surface area contributed by atoms with E-state index < -0.39 is 23.3 Å². The molecule has 0 aromatic heterocycles. The lowest BCUT2D eigenvalue weighted by atomic mass is 10.1. The first-order valence-corrected chi connectivity index (χ1v) is 3.17. The molecular weight excluding hydrogens is 190 g/mol. The largest absolute Gasteiger partial charge is 0.505 e. The Hall–Kier alpha value is -1.46. The zero-order valence-electron chi connectivity index (χ0n) is 6.19. The molecule has 0 heterocycles. The normalized spacial score (nSPS) is 11.7. The van der Waals surface area contributed by atoms with Crippen molar-refractivity contribution in [3.05, 3.63) is 23.5 Å². The average molecular weight is 195 g/mol. The van der Waals surface area contributed by atoms with Crippen molar-refractivity contribution < 1.29 is 22.7 Å². The summed E-state index contributed by atoms with van der Waals surface area (Å²) in [6, 6.07) is 1.14. The first-order chi connectivity index (χ1) is 5.82. The predicted molar refractivity (Wildman–Crippen MR) is 37.5 cm³/mol. The first-order valence-electron chi connectivity index (χ1n) is 3.17. The van der Waals surface area contributed by atoms with Crippen molar-refractivity contribution >= 4 is 5.69 Å². The van der Waals surface area contributed by atoms with E-state index in [-0.39, 0.29) is 5.69 Å². The molecule has 0 aliphatic carbocycles. The maximum Gasteiger partial charge on any atom is 0.419 e. The van der Waals surface area contributed by atoms with Crippen molar-refractivity contribution in [2.75, 3.05) is 5.73 Å². The second kappa shape index (κ2) is 2.79. The van der Waals surface area contributed by atoms with E-state index in [1.165, 1.54) is 0 Å². The minimum absolute atomic E-state index is 0.341. The number of hydrogen-bond donors (Lipinski definition) is 2. The summed E-state index contributed by atoms with van der Waals surface area (Å²) in [7, 11) is 0. The Kier molecular flexibility index (Phi) is 2.07. The number of phenolic OH excluding ortho intramolecular Hbond substituents is 1. The van der Waals surface area contributed by atoms with E-state index in [9.17, 15) is 17.6 Å². The van der Waals surface area contributed by atoms with Crippen LogP contribution in [-0.4, -0.2) is 5.11 Å². The van der Waals surface area contributed by atoms with Gasteiger partial charge in [-0.15, -0.1) is 0 Å². The van der Waals surface area contributed by atoms with Crippen LogP contribution >= 0.6 is 0 Å². The summed E-state index contributed by atoms with van der Waals surface area (Å²) in [4.78, 5) is 0. The van der Waals surface area contributed by atoms with Gasteiger partial charge >= 0.3 is 6.18 Å². The van der Waals surface area contributed by atoms with Crippen LogP contribution in [0.25, 0.3) is 0 Å². The third kappa shape index (κ3) is 1.82. The molecule has 0 unspecified atom stereocenters. The highest BCUT2D eigenvalue weighted by atomic mass is 19.4. The van der Waals surface area contributed by atoms with Gasteiger partial charge in [0.2, 0.25) is 0 Å². The number of halogens is 4. The highest BCUT2D eigenvalue weighted by Gasteiger charge is 2.35. The van der Waals surface area contributed by atoms with Crippen LogP contribution in [0.3, 0.4) is 0 Å². The Morgan fingerprint density at radius 2 is 1.77 bits per heavy atom. The molecule has 2 nitrogen and oxygen atoms in total. The summed E-state index contributed by atoms with van der Waals surface area (Å²) >= 11 is 0. The van der Waals surface area contributed by atoms with E-state index in [1.54, 1.807) is 0 Å². The van der Waals surface area contributed by atoms with Gasteiger partial charge in [0.05, 0.1) is 5.56 Å². The number of phenols is 1. The summed E-state index contributed by atoms with van der Waals surface area (Å²) < 4.78 is 48.7. The fourth-order valence-corrected chi connectivity index (χ4v) is 0.837. The summed E-state index contributed by atoms with van der Waals surface area (Å²) in [5.74, 6) is -2.81. The van der Waals surface area contributed by atoms with Gasteiger partial charge in [-0.3, -0.25) is 0 Å². The Bertz CT molecular complexity index is 334. The van der Waals surface area contributed by atoms with Gasteiger partial charge in [-0.05, 0) is 6.07 Å². The lowest BCUT2D eigenvalue weighted by Crippen LogP contribution is -2.08. The Balaban J connectivity index is 3.37. The molecular formula is C7H5F4NO. The second-order valence-electron chi connectivity index (χ2n) is 2.40. The summed E-state index contributed by atoms with van der Waals surface area (Å²) in [6.07, 6.45) is -4.85. The third-order valence-corrected chi connectivity index (χ3v) is 1.38. The lowest BCUT2D eigenvalue weighted by molar-refractivity contribution is -0.140. The second-order valence-corrected chi connectivity index (χ2v) is 2.40. The van der Waals surface area contributed by atoms with Crippen LogP contribution in [0.4, 0.5) is 23.2 Å². The van der Waals surface area contributed by atoms with Gasteiger partial charge in [0.1, 0.15) is 0 Å². The predicted octanol–water partition coefficient (Wildman–Crippen LogP) is 2.13. The number of benzene rings is 1. The molecule has 72 valence electrons.